The Labute approximate surface area is 119 Å². The van der Waals surface area contributed by atoms with E-state index in [-0.39, 0.29) is 12.5 Å². The van der Waals surface area contributed by atoms with Crippen LogP contribution in [0.2, 0.25) is 0 Å². The van der Waals surface area contributed by atoms with E-state index in [4.69, 9.17) is 4.74 Å². The van der Waals surface area contributed by atoms with E-state index in [0.717, 1.165) is 12.1 Å². The summed E-state index contributed by atoms with van der Waals surface area (Å²) in [7, 11) is 0. The predicted octanol–water partition coefficient (Wildman–Crippen LogP) is 0.386. The van der Waals surface area contributed by atoms with Crippen LogP contribution in [0.5, 0.6) is 0 Å². The van der Waals surface area contributed by atoms with Crippen molar-refractivity contribution in [1.29, 1.82) is 0 Å². The Morgan fingerprint density at radius 3 is 2.80 bits per heavy atom. The first-order valence-electron chi connectivity index (χ1n) is 6.94. The Bertz CT molecular complexity index is 430. The molecule has 5 nitrogen and oxygen atoms in total. The third kappa shape index (κ3) is 3.56. The van der Waals surface area contributed by atoms with Gasteiger partial charge in [0, 0.05) is 26.2 Å². The summed E-state index contributed by atoms with van der Waals surface area (Å²) in [5, 5.41) is 12.4. The van der Waals surface area contributed by atoms with Crippen molar-refractivity contribution in [3.63, 3.8) is 0 Å². The molecule has 1 fully saturated rings. The number of hydrogen-bond donors (Lipinski definition) is 2. The molecule has 2 N–H and O–H groups in total. The van der Waals surface area contributed by atoms with Gasteiger partial charge in [-0.2, -0.15) is 0 Å². The minimum atomic E-state index is -0.845. The molecule has 0 spiro atoms. The highest BCUT2D eigenvalue weighted by atomic mass is 16.5. The average Bonchev–Trinajstić information content (AvgIpc) is 2.48. The molecule has 110 valence electrons. The largest absolute Gasteiger partial charge is 0.395 e. The second kappa shape index (κ2) is 6.83. The molecular weight excluding hydrogens is 256 g/mol. The molecule has 1 unspecified atom stereocenters. The highest BCUT2D eigenvalue weighted by Gasteiger charge is 2.39. The van der Waals surface area contributed by atoms with Crippen molar-refractivity contribution in [3.05, 3.63) is 35.9 Å². The number of hydrogen-bond acceptors (Lipinski definition) is 4. The van der Waals surface area contributed by atoms with E-state index in [1.54, 1.807) is 11.8 Å². The fraction of sp³-hybridized carbons (Fsp3) is 0.533. The fourth-order valence-corrected chi connectivity index (χ4v) is 2.38. The van der Waals surface area contributed by atoms with Crippen molar-refractivity contribution < 1.29 is 14.6 Å². The SMILES string of the molecule is CC1(C(=O)N(CCO)Cc2ccccc2)CNCCO1. The zero-order chi connectivity index (χ0) is 14.4. The Balaban J connectivity index is 2.09. The Hall–Kier alpha value is -1.43. The lowest BCUT2D eigenvalue weighted by molar-refractivity contribution is -0.160. The summed E-state index contributed by atoms with van der Waals surface area (Å²) in [5.74, 6) is -0.0809. The van der Waals surface area contributed by atoms with E-state index >= 15 is 0 Å². The number of morpholine rings is 1. The van der Waals surface area contributed by atoms with Crippen molar-refractivity contribution in [2.24, 2.45) is 0 Å². The third-order valence-corrected chi connectivity index (χ3v) is 3.49. The van der Waals surface area contributed by atoms with Gasteiger partial charge in [-0.1, -0.05) is 30.3 Å². The number of carbonyl (C=O) groups is 1. The first-order chi connectivity index (χ1) is 9.65. The van der Waals surface area contributed by atoms with Crippen LogP contribution in [-0.2, 0) is 16.1 Å². The molecule has 0 bridgehead atoms. The first kappa shape index (κ1) is 15.0. The normalized spacial score (nSPS) is 22.5. The Kier molecular flexibility index (Phi) is 5.11. The van der Waals surface area contributed by atoms with Gasteiger partial charge in [0.1, 0.15) is 0 Å². The van der Waals surface area contributed by atoms with Crippen LogP contribution in [0.15, 0.2) is 30.3 Å². The van der Waals surface area contributed by atoms with Crippen molar-refractivity contribution >= 4 is 5.91 Å². The van der Waals surface area contributed by atoms with E-state index in [0.29, 0.717) is 26.2 Å². The number of amides is 1. The lowest BCUT2D eigenvalue weighted by atomic mass is 10.0. The molecular formula is C15H22N2O3. The Morgan fingerprint density at radius 1 is 1.45 bits per heavy atom. The van der Waals surface area contributed by atoms with Crippen LogP contribution in [0.25, 0.3) is 0 Å². The van der Waals surface area contributed by atoms with Crippen LogP contribution in [0, 0.1) is 0 Å². The smallest absolute Gasteiger partial charge is 0.256 e. The van der Waals surface area contributed by atoms with E-state index in [1.165, 1.54) is 0 Å². The van der Waals surface area contributed by atoms with Gasteiger partial charge in [-0.3, -0.25) is 4.79 Å². The summed E-state index contributed by atoms with van der Waals surface area (Å²) in [6.45, 7) is 4.34. The van der Waals surface area contributed by atoms with Gasteiger partial charge in [-0.05, 0) is 12.5 Å². The van der Waals surface area contributed by atoms with Gasteiger partial charge in [0.15, 0.2) is 5.60 Å². The van der Waals surface area contributed by atoms with Gasteiger partial charge in [0.05, 0.1) is 13.2 Å². The number of nitrogens with one attached hydrogen (secondary N) is 1. The predicted molar refractivity (Wildman–Crippen MR) is 76.2 cm³/mol. The molecule has 1 heterocycles. The maximum absolute atomic E-state index is 12.7. The van der Waals surface area contributed by atoms with Crippen molar-refractivity contribution in [3.8, 4) is 0 Å². The standard InChI is InChI=1S/C15H22N2O3/c1-15(12-16-7-10-20-15)14(19)17(8-9-18)11-13-5-3-2-4-6-13/h2-6,16,18H,7-12H2,1H3. The molecule has 1 aromatic rings. The number of aliphatic hydroxyl groups excluding tert-OH is 1. The molecule has 5 heteroatoms. The minimum absolute atomic E-state index is 0.0535. The number of nitrogens with zero attached hydrogens (tertiary/aromatic N) is 1. The monoisotopic (exact) mass is 278 g/mol. The average molecular weight is 278 g/mol. The van der Waals surface area contributed by atoms with Crippen molar-refractivity contribution in [2.75, 3.05) is 32.8 Å². The summed E-state index contributed by atoms with van der Waals surface area (Å²) in [4.78, 5) is 14.3. The first-order valence-corrected chi connectivity index (χ1v) is 6.94. The summed E-state index contributed by atoms with van der Waals surface area (Å²) < 4.78 is 5.66. The molecule has 1 amide bonds. The quantitative estimate of drug-likeness (QED) is 0.818. The van der Waals surface area contributed by atoms with E-state index in [1.807, 2.05) is 30.3 Å². The number of rotatable bonds is 5. The minimum Gasteiger partial charge on any atom is -0.395 e. The van der Waals surface area contributed by atoms with Crippen molar-refractivity contribution in [1.82, 2.24) is 10.2 Å². The number of carbonyl (C=O) groups excluding carboxylic acids is 1. The molecule has 0 aliphatic carbocycles. The van der Waals surface area contributed by atoms with Crippen LogP contribution in [-0.4, -0.2) is 54.4 Å². The molecule has 1 aliphatic rings. The zero-order valence-electron chi connectivity index (χ0n) is 11.8. The summed E-state index contributed by atoms with van der Waals surface area (Å²) in [5.41, 5.74) is 0.198. The number of benzene rings is 1. The lowest BCUT2D eigenvalue weighted by Crippen LogP contribution is -2.58. The highest BCUT2D eigenvalue weighted by Crippen LogP contribution is 2.18. The molecule has 1 aliphatic heterocycles. The maximum Gasteiger partial charge on any atom is 0.256 e. The fourth-order valence-electron chi connectivity index (χ4n) is 2.38. The molecule has 0 radical (unpaired) electrons. The zero-order valence-corrected chi connectivity index (χ0v) is 11.8. The van der Waals surface area contributed by atoms with Gasteiger partial charge in [0.2, 0.25) is 0 Å². The van der Waals surface area contributed by atoms with Gasteiger partial charge >= 0.3 is 0 Å². The van der Waals surface area contributed by atoms with Crippen LogP contribution >= 0.6 is 0 Å². The molecule has 0 aromatic heterocycles. The van der Waals surface area contributed by atoms with Crippen LogP contribution in [0.1, 0.15) is 12.5 Å². The van der Waals surface area contributed by atoms with Crippen LogP contribution < -0.4 is 5.32 Å². The molecule has 0 saturated carbocycles. The summed E-state index contributed by atoms with van der Waals surface area (Å²) in [6.07, 6.45) is 0. The van der Waals surface area contributed by atoms with Gasteiger partial charge in [0.25, 0.3) is 5.91 Å². The second-order valence-electron chi connectivity index (χ2n) is 5.19. The van der Waals surface area contributed by atoms with Gasteiger partial charge < -0.3 is 20.1 Å². The molecule has 2 rings (SSSR count). The van der Waals surface area contributed by atoms with Crippen molar-refractivity contribution in [2.45, 2.75) is 19.1 Å². The topological polar surface area (TPSA) is 61.8 Å². The third-order valence-electron chi connectivity index (χ3n) is 3.49. The van der Waals surface area contributed by atoms with E-state index in [2.05, 4.69) is 5.32 Å². The summed E-state index contributed by atoms with van der Waals surface area (Å²) in [6, 6.07) is 9.77. The molecule has 20 heavy (non-hydrogen) atoms. The Morgan fingerprint density at radius 2 is 2.20 bits per heavy atom. The summed E-state index contributed by atoms with van der Waals surface area (Å²) >= 11 is 0. The molecule has 1 saturated heterocycles. The van der Waals surface area contributed by atoms with E-state index < -0.39 is 5.60 Å². The van der Waals surface area contributed by atoms with Gasteiger partial charge in [-0.25, -0.2) is 0 Å². The number of ether oxygens (including phenoxy) is 1. The van der Waals surface area contributed by atoms with Gasteiger partial charge in [-0.15, -0.1) is 0 Å². The number of aliphatic hydroxyl groups is 1. The maximum atomic E-state index is 12.7. The molecule has 1 aromatic carbocycles. The second-order valence-corrected chi connectivity index (χ2v) is 5.19. The molecule has 1 atom stereocenters. The lowest BCUT2D eigenvalue weighted by Gasteiger charge is -2.37. The highest BCUT2D eigenvalue weighted by molar-refractivity contribution is 5.85. The van der Waals surface area contributed by atoms with Crippen LogP contribution in [0.3, 0.4) is 0 Å². The van der Waals surface area contributed by atoms with E-state index in [9.17, 15) is 9.90 Å². The van der Waals surface area contributed by atoms with Crippen LogP contribution in [0.4, 0.5) is 0 Å².